The van der Waals surface area contributed by atoms with Gasteiger partial charge in [-0.25, -0.2) is 4.98 Å². The number of thiazole rings is 1. The number of thioether (sulfide) groups is 1. The zero-order valence-corrected chi connectivity index (χ0v) is 20.7. The Morgan fingerprint density at radius 2 is 1.59 bits per heavy atom. The highest BCUT2D eigenvalue weighted by Gasteiger charge is 2.15. The molecule has 166 valence electrons. The summed E-state index contributed by atoms with van der Waals surface area (Å²) in [6.45, 7) is 11.4. The fourth-order valence-corrected chi connectivity index (χ4v) is 5.47. The van der Waals surface area contributed by atoms with Gasteiger partial charge in [0.25, 0.3) is 0 Å². The fraction of sp³-hybridized carbons (Fsp3) is 0.320. The summed E-state index contributed by atoms with van der Waals surface area (Å²) in [6, 6.07) is 17.2. The minimum absolute atomic E-state index is 0.779. The monoisotopic (exact) mass is 463 g/mol. The Morgan fingerprint density at radius 3 is 2.25 bits per heavy atom. The lowest BCUT2D eigenvalue weighted by Crippen LogP contribution is -2.21. The van der Waals surface area contributed by atoms with Crippen molar-refractivity contribution in [3.8, 4) is 22.0 Å². The van der Waals surface area contributed by atoms with Gasteiger partial charge in [0.05, 0.1) is 5.69 Å². The summed E-state index contributed by atoms with van der Waals surface area (Å²) in [7, 11) is 0. The first-order chi connectivity index (χ1) is 15.6. The molecule has 4 aromatic rings. The zero-order valence-electron chi connectivity index (χ0n) is 19.1. The minimum atomic E-state index is 0.779. The number of nitrogens with zero attached hydrogens (tertiary/aromatic N) is 5. The average molecular weight is 464 g/mol. The van der Waals surface area contributed by atoms with Crippen LogP contribution in [-0.2, 0) is 12.3 Å². The maximum atomic E-state index is 4.82. The molecule has 0 aliphatic carbocycles. The lowest BCUT2D eigenvalue weighted by Gasteiger charge is -2.21. The van der Waals surface area contributed by atoms with Gasteiger partial charge < -0.3 is 9.47 Å². The Morgan fingerprint density at radius 1 is 0.906 bits per heavy atom. The molecule has 2 heterocycles. The van der Waals surface area contributed by atoms with Crippen LogP contribution in [0.1, 0.15) is 32.0 Å². The first kappa shape index (κ1) is 22.6. The van der Waals surface area contributed by atoms with Gasteiger partial charge >= 0.3 is 0 Å². The predicted molar refractivity (Wildman–Crippen MR) is 137 cm³/mol. The molecule has 2 aromatic carbocycles. The Hall–Kier alpha value is -2.64. The van der Waals surface area contributed by atoms with Gasteiger partial charge in [-0.1, -0.05) is 41.6 Å². The standard InChI is InChI=1S/C25H29N5S2/c1-5-29(6-2)22-14-12-19(13-15-22)23-27-28-25(30(23)7-3)32-17-21-16-31-24(26-21)20-10-8-18(4)9-11-20/h8-16H,5-7,17H2,1-4H3. The molecule has 0 N–H and O–H groups in total. The van der Waals surface area contributed by atoms with Crippen molar-refractivity contribution < 1.29 is 0 Å². The summed E-state index contributed by atoms with van der Waals surface area (Å²) >= 11 is 3.38. The molecule has 0 radical (unpaired) electrons. The van der Waals surface area contributed by atoms with Crippen molar-refractivity contribution in [3.05, 3.63) is 65.2 Å². The quantitative estimate of drug-likeness (QED) is 0.264. The lowest BCUT2D eigenvalue weighted by molar-refractivity contribution is 0.687. The third kappa shape index (κ3) is 4.89. The Bertz CT molecular complexity index is 1140. The Balaban J connectivity index is 1.47. The molecule has 0 bridgehead atoms. The van der Waals surface area contributed by atoms with E-state index in [0.717, 1.165) is 52.6 Å². The summed E-state index contributed by atoms with van der Waals surface area (Å²) in [6.07, 6.45) is 0. The Kier molecular flexibility index (Phi) is 7.27. The van der Waals surface area contributed by atoms with Crippen LogP contribution in [0.15, 0.2) is 59.1 Å². The molecule has 0 fully saturated rings. The largest absolute Gasteiger partial charge is 0.372 e. The molecule has 7 heteroatoms. The number of anilines is 1. The molecule has 0 aliphatic heterocycles. The normalized spacial score (nSPS) is 11.1. The third-order valence-electron chi connectivity index (χ3n) is 5.49. The number of rotatable bonds is 9. The lowest BCUT2D eigenvalue weighted by atomic mass is 10.2. The summed E-state index contributed by atoms with van der Waals surface area (Å²) in [4.78, 5) is 7.17. The van der Waals surface area contributed by atoms with Gasteiger partial charge in [-0.2, -0.15) is 0 Å². The number of benzene rings is 2. The summed E-state index contributed by atoms with van der Waals surface area (Å²) < 4.78 is 2.18. The molecule has 5 nitrogen and oxygen atoms in total. The number of hydrogen-bond donors (Lipinski definition) is 0. The molecule has 0 saturated carbocycles. The highest BCUT2D eigenvalue weighted by molar-refractivity contribution is 7.98. The van der Waals surface area contributed by atoms with Crippen molar-refractivity contribution in [2.75, 3.05) is 18.0 Å². The summed E-state index contributed by atoms with van der Waals surface area (Å²) in [5.74, 6) is 1.70. The van der Waals surface area contributed by atoms with Crippen molar-refractivity contribution in [2.45, 2.75) is 45.1 Å². The van der Waals surface area contributed by atoms with Gasteiger partial charge in [-0.05, 0) is 52.0 Å². The topological polar surface area (TPSA) is 46.8 Å². The van der Waals surface area contributed by atoms with E-state index in [1.165, 1.54) is 16.8 Å². The summed E-state index contributed by atoms with van der Waals surface area (Å²) in [5.41, 5.74) is 5.84. The molecule has 4 rings (SSSR count). The molecular weight excluding hydrogens is 434 g/mol. The highest BCUT2D eigenvalue weighted by atomic mass is 32.2. The van der Waals surface area contributed by atoms with Crippen LogP contribution in [0.3, 0.4) is 0 Å². The zero-order chi connectivity index (χ0) is 22.5. The van der Waals surface area contributed by atoms with Gasteiger partial charge in [0.15, 0.2) is 11.0 Å². The second-order valence-electron chi connectivity index (χ2n) is 7.57. The van der Waals surface area contributed by atoms with Crippen LogP contribution in [0, 0.1) is 6.92 Å². The number of aromatic nitrogens is 4. The molecule has 2 aromatic heterocycles. The molecule has 32 heavy (non-hydrogen) atoms. The van der Waals surface area contributed by atoms with Crippen molar-refractivity contribution in [2.24, 2.45) is 0 Å². The Labute approximate surface area is 198 Å². The average Bonchev–Trinajstić information content (AvgIpc) is 3.46. The molecule has 0 spiro atoms. The van der Waals surface area contributed by atoms with Gasteiger partial charge in [0.2, 0.25) is 0 Å². The number of aryl methyl sites for hydroxylation is 1. The van der Waals surface area contributed by atoms with E-state index in [1.54, 1.807) is 23.1 Å². The third-order valence-corrected chi connectivity index (χ3v) is 7.43. The van der Waals surface area contributed by atoms with E-state index in [4.69, 9.17) is 4.98 Å². The molecule has 0 saturated heterocycles. The molecule has 0 amide bonds. The van der Waals surface area contributed by atoms with Crippen molar-refractivity contribution >= 4 is 28.8 Å². The SMILES string of the molecule is CCN(CC)c1ccc(-c2nnc(SCc3csc(-c4ccc(C)cc4)n3)n2CC)cc1. The first-order valence-corrected chi connectivity index (χ1v) is 12.9. The highest BCUT2D eigenvalue weighted by Crippen LogP contribution is 2.30. The van der Waals surface area contributed by atoms with Gasteiger partial charge in [-0.3, -0.25) is 0 Å². The molecule has 0 aliphatic rings. The van der Waals surface area contributed by atoms with E-state index < -0.39 is 0 Å². The maximum absolute atomic E-state index is 4.82. The smallest absolute Gasteiger partial charge is 0.191 e. The second kappa shape index (κ2) is 10.3. The van der Waals surface area contributed by atoms with Crippen molar-refractivity contribution in [1.29, 1.82) is 0 Å². The number of hydrogen-bond acceptors (Lipinski definition) is 6. The first-order valence-electron chi connectivity index (χ1n) is 11.1. The van der Waals surface area contributed by atoms with E-state index in [9.17, 15) is 0 Å². The van der Waals surface area contributed by atoms with E-state index in [2.05, 4.69) is 101 Å². The molecule has 0 unspecified atom stereocenters. The molecular formula is C25H29N5S2. The van der Waals surface area contributed by atoms with Crippen LogP contribution >= 0.6 is 23.1 Å². The maximum Gasteiger partial charge on any atom is 0.191 e. The van der Waals surface area contributed by atoms with Crippen molar-refractivity contribution in [3.63, 3.8) is 0 Å². The van der Waals surface area contributed by atoms with Crippen LogP contribution in [0.25, 0.3) is 22.0 Å². The van der Waals surface area contributed by atoms with E-state index in [-0.39, 0.29) is 0 Å². The van der Waals surface area contributed by atoms with Crippen LogP contribution < -0.4 is 4.90 Å². The van der Waals surface area contributed by atoms with Crippen LogP contribution in [0.4, 0.5) is 5.69 Å². The summed E-state index contributed by atoms with van der Waals surface area (Å²) in [5, 5.41) is 13.1. The van der Waals surface area contributed by atoms with E-state index >= 15 is 0 Å². The van der Waals surface area contributed by atoms with Crippen LogP contribution in [-0.4, -0.2) is 32.8 Å². The van der Waals surface area contributed by atoms with Crippen molar-refractivity contribution in [1.82, 2.24) is 19.7 Å². The van der Waals surface area contributed by atoms with E-state index in [0.29, 0.717) is 0 Å². The minimum Gasteiger partial charge on any atom is -0.372 e. The van der Waals surface area contributed by atoms with Crippen LogP contribution in [0.2, 0.25) is 0 Å². The van der Waals surface area contributed by atoms with Crippen LogP contribution in [0.5, 0.6) is 0 Å². The fourth-order valence-electron chi connectivity index (χ4n) is 3.64. The van der Waals surface area contributed by atoms with E-state index in [1.807, 2.05) is 0 Å². The van der Waals surface area contributed by atoms with Gasteiger partial charge in [0.1, 0.15) is 5.01 Å². The predicted octanol–water partition coefficient (Wildman–Crippen LogP) is 6.54. The second-order valence-corrected chi connectivity index (χ2v) is 9.37. The molecule has 0 atom stereocenters. The van der Waals surface area contributed by atoms with Gasteiger partial charge in [0, 0.05) is 47.6 Å². The van der Waals surface area contributed by atoms with Gasteiger partial charge in [-0.15, -0.1) is 21.5 Å².